The Morgan fingerprint density at radius 3 is 2.79 bits per heavy atom. The summed E-state index contributed by atoms with van der Waals surface area (Å²) in [5.74, 6) is -1.08. The summed E-state index contributed by atoms with van der Waals surface area (Å²) in [5.41, 5.74) is 0.962. The molecule has 1 aliphatic rings. The fraction of sp³-hybridized carbons (Fsp3) is 0.571. The predicted octanol–water partition coefficient (Wildman–Crippen LogP) is 4.40. The van der Waals surface area contributed by atoms with Crippen molar-refractivity contribution in [3.05, 3.63) is 23.8 Å². The average Bonchev–Trinajstić information content (AvgIpc) is 2.75. The smallest absolute Gasteiger partial charge is 0.248 e. The Kier molecular flexibility index (Phi) is 4.66. The van der Waals surface area contributed by atoms with E-state index in [-0.39, 0.29) is 18.8 Å². The first kappa shape index (κ1) is 14.6. The zero-order valence-electron chi connectivity index (χ0n) is 10.8. The summed E-state index contributed by atoms with van der Waals surface area (Å²) in [5, 5.41) is 0.639. The molecule has 19 heavy (non-hydrogen) atoms. The van der Waals surface area contributed by atoms with Gasteiger partial charge in [-0.05, 0) is 30.5 Å². The molecular formula is C14H17BrF2O2. The zero-order valence-corrected chi connectivity index (χ0v) is 12.4. The van der Waals surface area contributed by atoms with Gasteiger partial charge in [-0.3, -0.25) is 0 Å². The topological polar surface area (TPSA) is 18.5 Å². The van der Waals surface area contributed by atoms with E-state index in [1.165, 1.54) is 0 Å². The molecule has 1 aromatic carbocycles. The Hall–Kier alpha value is -0.840. The SMILES string of the molecule is COc1ccc(OCC2CCC(F)(F)C2)c(CBr)c1. The quantitative estimate of drug-likeness (QED) is 0.743. The lowest BCUT2D eigenvalue weighted by Crippen LogP contribution is -2.14. The summed E-state index contributed by atoms with van der Waals surface area (Å²) in [6.07, 6.45) is 0.453. The second kappa shape index (κ2) is 6.07. The van der Waals surface area contributed by atoms with Gasteiger partial charge in [-0.25, -0.2) is 8.78 Å². The molecule has 1 atom stereocenters. The number of ether oxygens (including phenoxy) is 2. The molecule has 1 unspecified atom stereocenters. The first-order valence-corrected chi connectivity index (χ1v) is 7.40. The van der Waals surface area contributed by atoms with Gasteiger partial charge in [-0.2, -0.15) is 0 Å². The van der Waals surface area contributed by atoms with E-state index in [4.69, 9.17) is 9.47 Å². The minimum absolute atomic E-state index is 0.0189. The summed E-state index contributed by atoms with van der Waals surface area (Å²) < 4.78 is 37.0. The molecule has 0 aromatic heterocycles. The molecule has 0 heterocycles. The lowest BCUT2D eigenvalue weighted by Gasteiger charge is -2.15. The van der Waals surface area contributed by atoms with Gasteiger partial charge in [0.15, 0.2) is 0 Å². The van der Waals surface area contributed by atoms with Crippen LogP contribution in [0.3, 0.4) is 0 Å². The van der Waals surface area contributed by atoms with Crippen molar-refractivity contribution in [1.82, 2.24) is 0 Å². The van der Waals surface area contributed by atoms with Crippen molar-refractivity contribution in [2.75, 3.05) is 13.7 Å². The third kappa shape index (κ3) is 3.81. The summed E-state index contributed by atoms with van der Waals surface area (Å²) in [4.78, 5) is 0. The van der Waals surface area contributed by atoms with Crippen molar-refractivity contribution < 1.29 is 18.3 Å². The fourth-order valence-corrected chi connectivity index (χ4v) is 2.76. The van der Waals surface area contributed by atoms with Crippen LogP contribution in [0.2, 0.25) is 0 Å². The molecular weight excluding hydrogens is 318 g/mol. The van der Waals surface area contributed by atoms with Gasteiger partial charge in [-0.1, -0.05) is 15.9 Å². The number of rotatable bonds is 5. The molecule has 1 aliphatic carbocycles. The second-order valence-corrected chi connectivity index (χ2v) is 5.44. The minimum atomic E-state index is -2.51. The highest BCUT2D eigenvalue weighted by Gasteiger charge is 2.39. The van der Waals surface area contributed by atoms with Gasteiger partial charge in [-0.15, -0.1) is 0 Å². The molecule has 1 saturated carbocycles. The average molecular weight is 335 g/mol. The molecule has 106 valence electrons. The van der Waals surface area contributed by atoms with Crippen molar-refractivity contribution in [3.63, 3.8) is 0 Å². The third-order valence-corrected chi connectivity index (χ3v) is 4.00. The molecule has 1 aromatic rings. The fourth-order valence-electron chi connectivity index (χ4n) is 2.32. The van der Waals surface area contributed by atoms with E-state index in [0.29, 0.717) is 18.4 Å². The van der Waals surface area contributed by atoms with Gasteiger partial charge in [0.25, 0.3) is 0 Å². The summed E-state index contributed by atoms with van der Waals surface area (Å²) in [7, 11) is 1.61. The predicted molar refractivity (Wildman–Crippen MR) is 73.4 cm³/mol. The van der Waals surface area contributed by atoms with Crippen LogP contribution < -0.4 is 9.47 Å². The molecule has 1 fully saturated rings. The molecule has 0 spiro atoms. The third-order valence-electron chi connectivity index (χ3n) is 3.39. The summed E-state index contributed by atoms with van der Waals surface area (Å²) >= 11 is 3.39. The van der Waals surface area contributed by atoms with Gasteiger partial charge < -0.3 is 9.47 Å². The normalized spacial score (nSPS) is 21.4. The van der Waals surface area contributed by atoms with Crippen LogP contribution in [0.1, 0.15) is 24.8 Å². The van der Waals surface area contributed by atoms with E-state index in [2.05, 4.69) is 15.9 Å². The van der Waals surface area contributed by atoms with E-state index in [0.717, 1.165) is 17.1 Å². The molecule has 0 radical (unpaired) electrons. The highest BCUT2D eigenvalue weighted by atomic mass is 79.9. The summed E-state index contributed by atoms with van der Waals surface area (Å²) in [6.45, 7) is 0.349. The van der Waals surface area contributed by atoms with E-state index in [9.17, 15) is 8.78 Å². The number of benzene rings is 1. The van der Waals surface area contributed by atoms with Crippen LogP contribution in [0.15, 0.2) is 18.2 Å². The zero-order chi connectivity index (χ0) is 13.9. The van der Waals surface area contributed by atoms with E-state index >= 15 is 0 Å². The van der Waals surface area contributed by atoms with Crippen molar-refractivity contribution >= 4 is 15.9 Å². The Bertz CT molecular complexity index is 437. The largest absolute Gasteiger partial charge is 0.497 e. The van der Waals surface area contributed by atoms with Crippen molar-refractivity contribution in [2.45, 2.75) is 30.5 Å². The van der Waals surface area contributed by atoms with Gasteiger partial charge in [0.1, 0.15) is 11.5 Å². The van der Waals surface area contributed by atoms with Crippen LogP contribution in [-0.4, -0.2) is 19.6 Å². The summed E-state index contributed by atoms with van der Waals surface area (Å²) in [6, 6.07) is 5.51. The highest BCUT2D eigenvalue weighted by molar-refractivity contribution is 9.08. The standard InChI is InChI=1S/C14H17BrF2O2/c1-18-12-2-3-13(11(6-12)8-15)19-9-10-4-5-14(16,17)7-10/h2-3,6,10H,4-5,7-9H2,1H3. The second-order valence-electron chi connectivity index (χ2n) is 4.88. The van der Waals surface area contributed by atoms with Crippen LogP contribution >= 0.6 is 15.9 Å². The minimum Gasteiger partial charge on any atom is -0.497 e. The molecule has 2 nitrogen and oxygen atoms in total. The van der Waals surface area contributed by atoms with Crippen molar-refractivity contribution in [2.24, 2.45) is 5.92 Å². The maximum atomic E-state index is 13.1. The molecule has 0 amide bonds. The van der Waals surface area contributed by atoms with Gasteiger partial charge >= 0.3 is 0 Å². The van der Waals surface area contributed by atoms with Crippen molar-refractivity contribution in [1.29, 1.82) is 0 Å². The molecule has 0 N–H and O–H groups in total. The van der Waals surface area contributed by atoms with Crippen LogP contribution in [-0.2, 0) is 5.33 Å². The number of halogens is 3. The maximum absolute atomic E-state index is 13.1. The van der Waals surface area contributed by atoms with Gasteiger partial charge in [0, 0.05) is 23.7 Å². The van der Waals surface area contributed by atoms with Crippen molar-refractivity contribution in [3.8, 4) is 11.5 Å². The first-order valence-electron chi connectivity index (χ1n) is 6.27. The highest BCUT2D eigenvalue weighted by Crippen LogP contribution is 2.39. The van der Waals surface area contributed by atoms with Gasteiger partial charge in [0.05, 0.1) is 13.7 Å². The molecule has 2 rings (SSSR count). The first-order chi connectivity index (χ1) is 9.04. The lowest BCUT2D eigenvalue weighted by atomic mass is 10.1. The number of hydrogen-bond acceptors (Lipinski definition) is 2. The van der Waals surface area contributed by atoms with Crippen LogP contribution in [0, 0.1) is 5.92 Å². The molecule has 0 bridgehead atoms. The van der Waals surface area contributed by atoms with Crippen LogP contribution in [0.5, 0.6) is 11.5 Å². The van der Waals surface area contributed by atoms with Crippen LogP contribution in [0.25, 0.3) is 0 Å². The Morgan fingerprint density at radius 2 is 2.21 bits per heavy atom. The number of alkyl halides is 3. The Balaban J connectivity index is 1.96. The number of methoxy groups -OCH3 is 1. The molecule has 0 aliphatic heterocycles. The monoisotopic (exact) mass is 334 g/mol. The van der Waals surface area contributed by atoms with Gasteiger partial charge in [0.2, 0.25) is 5.92 Å². The lowest BCUT2D eigenvalue weighted by molar-refractivity contribution is 0.00291. The maximum Gasteiger partial charge on any atom is 0.248 e. The Morgan fingerprint density at radius 1 is 1.42 bits per heavy atom. The molecule has 5 heteroatoms. The van der Waals surface area contributed by atoms with Crippen LogP contribution in [0.4, 0.5) is 8.78 Å². The van der Waals surface area contributed by atoms with E-state index in [1.54, 1.807) is 7.11 Å². The molecule has 0 saturated heterocycles. The van der Waals surface area contributed by atoms with E-state index in [1.807, 2.05) is 18.2 Å². The Labute approximate surface area is 120 Å². The number of hydrogen-bond donors (Lipinski definition) is 0. The van der Waals surface area contributed by atoms with E-state index < -0.39 is 5.92 Å².